The van der Waals surface area contributed by atoms with Gasteiger partial charge in [-0.25, -0.2) is 0 Å². The van der Waals surface area contributed by atoms with Crippen LogP contribution in [-0.2, 0) is 0 Å². The Morgan fingerprint density at radius 3 is 2.82 bits per heavy atom. The van der Waals surface area contributed by atoms with Gasteiger partial charge in [0.05, 0.1) is 10.7 Å². The van der Waals surface area contributed by atoms with Crippen molar-refractivity contribution in [2.24, 2.45) is 0 Å². The van der Waals surface area contributed by atoms with Gasteiger partial charge in [-0.05, 0) is 18.9 Å². The van der Waals surface area contributed by atoms with E-state index in [0.29, 0.717) is 16.6 Å². The SMILES string of the molecule is Nc1cc(C2CC2)ncc1Cl. The molecule has 1 heterocycles. The van der Waals surface area contributed by atoms with Crippen LogP contribution in [0.5, 0.6) is 0 Å². The molecule has 1 saturated carbocycles. The van der Waals surface area contributed by atoms with Gasteiger partial charge in [-0.3, -0.25) is 4.98 Å². The Morgan fingerprint density at radius 1 is 1.55 bits per heavy atom. The van der Waals surface area contributed by atoms with Gasteiger partial charge in [0.2, 0.25) is 0 Å². The van der Waals surface area contributed by atoms with E-state index < -0.39 is 0 Å². The maximum Gasteiger partial charge on any atom is 0.0818 e. The van der Waals surface area contributed by atoms with Gasteiger partial charge in [0, 0.05) is 17.8 Å². The van der Waals surface area contributed by atoms with Crippen molar-refractivity contribution < 1.29 is 0 Å². The van der Waals surface area contributed by atoms with E-state index >= 15 is 0 Å². The zero-order valence-electron chi connectivity index (χ0n) is 6.05. The molecular weight excluding hydrogens is 160 g/mol. The van der Waals surface area contributed by atoms with Gasteiger partial charge in [0.1, 0.15) is 0 Å². The largest absolute Gasteiger partial charge is 0.397 e. The topological polar surface area (TPSA) is 38.9 Å². The van der Waals surface area contributed by atoms with Crippen LogP contribution in [0.2, 0.25) is 5.02 Å². The van der Waals surface area contributed by atoms with E-state index in [-0.39, 0.29) is 0 Å². The summed E-state index contributed by atoms with van der Waals surface area (Å²) in [6.45, 7) is 0. The van der Waals surface area contributed by atoms with Crippen molar-refractivity contribution in [1.82, 2.24) is 4.98 Å². The summed E-state index contributed by atoms with van der Waals surface area (Å²) in [5, 5.41) is 0.550. The summed E-state index contributed by atoms with van der Waals surface area (Å²) in [5.41, 5.74) is 7.35. The summed E-state index contributed by atoms with van der Waals surface area (Å²) in [6.07, 6.45) is 4.12. The highest BCUT2D eigenvalue weighted by molar-refractivity contribution is 6.32. The predicted octanol–water partition coefficient (Wildman–Crippen LogP) is 2.19. The first-order valence-electron chi connectivity index (χ1n) is 3.68. The van der Waals surface area contributed by atoms with Crippen LogP contribution in [0.4, 0.5) is 5.69 Å². The summed E-state index contributed by atoms with van der Waals surface area (Å²) in [4.78, 5) is 4.19. The number of nitrogens with two attached hydrogens (primary N) is 1. The van der Waals surface area contributed by atoms with Crippen LogP contribution in [-0.4, -0.2) is 4.98 Å². The molecule has 0 amide bonds. The first-order chi connectivity index (χ1) is 5.27. The van der Waals surface area contributed by atoms with Gasteiger partial charge in [-0.1, -0.05) is 11.6 Å². The fraction of sp³-hybridized carbons (Fsp3) is 0.375. The molecule has 1 fully saturated rings. The number of hydrogen-bond acceptors (Lipinski definition) is 2. The number of aromatic nitrogens is 1. The van der Waals surface area contributed by atoms with Crippen molar-refractivity contribution in [3.8, 4) is 0 Å². The lowest BCUT2D eigenvalue weighted by atomic mass is 10.2. The fourth-order valence-electron chi connectivity index (χ4n) is 1.07. The number of nitrogens with zero attached hydrogens (tertiary/aromatic N) is 1. The quantitative estimate of drug-likeness (QED) is 0.698. The third-order valence-electron chi connectivity index (χ3n) is 1.90. The fourth-order valence-corrected chi connectivity index (χ4v) is 1.18. The molecule has 0 unspecified atom stereocenters. The van der Waals surface area contributed by atoms with E-state index in [1.54, 1.807) is 6.20 Å². The normalized spacial score (nSPS) is 16.8. The molecule has 0 radical (unpaired) electrons. The Morgan fingerprint density at radius 2 is 2.27 bits per heavy atom. The molecule has 1 aliphatic rings. The summed E-state index contributed by atoms with van der Waals surface area (Å²) in [6, 6.07) is 1.88. The number of nitrogen functional groups attached to an aromatic ring is 1. The van der Waals surface area contributed by atoms with Gasteiger partial charge in [0.15, 0.2) is 0 Å². The minimum Gasteiger partial charge on any atom is -0.397 e. The summed E-state index contributed by atoms with van der Waals surface area (Å²) in [5.74, 6) is 0.648. The average Bonchev–Trinajstić information content (AvgIpc) is 2.77. The molecular formula is C8H9ClN2. The highest BCUT2D eigenvalue weighted by atomic mass is 35.5. The number of rotatable bonds is 1. The van der Waals surface area contributed by atoms with Crippen molar-refractivity contribution in [3.05, 3.63) is 23.0 Å². The molecule has 2 rings (SSSR count). The molecule has 0 aromatic carbocycles. The van der Waals surface area contributed by atoms with E-state index in [1.807, 2.05) is 6.07 Å². The second-order valence-electron chi connectivity index (χ2n) is 2.90. The predicted molar refractivity (Wildman–Crippen MR) is 45.6 cm³/mol. The molecule has 0 bridgehead atoms. The minimum absolute atomic E-state index is 0.550. The van der Waals surface area contributed by atoms with Crippen LogP contribution in [0.25, 0.3) is 0 Å². The highest BCUT2D eigenvalue weighted by Crippen LogP contribution is 2.39. The molecule has 0 aliphatic heterocycles. The molecule has 11 heavy (non-hydrogen) atoms. The van der Waals surface area contributed by atoms with Crippen molar-refractivity contribution in [3.63, 3.8) is 0 Å². The second-order valence-corrected chi connectivity index (χ2v) is 3.31. The molecule has 3 heteroatoms. The Balaban J connectivity index is 2.36. The summed E-state index contributed by atoms with van der Waals surface area (Å²) < 4.78 is 0. The van der Waals surface area contributed by atoms with E-state index in [2.05, 4.69) is 4.98 Å². The molecule has 0 spiro atoms. The Labute approximate surface area is 70.4 Å². The van der Waals surface area contributed by atoms with Crippen molar-refractivity contribution in [2.45, 2.75) is 18.8 Å². The van der Waals surface area contributed by atoms with E-state index in [1.165, 1.54) is 12.8 Å². The molecule has 2 N–H and O–H groups in total. The molecule has 1 aliphatic carbocycles. The average molecular weight is 169 g/mol. The van der Waals surface area contributed by atoms with Gasteiger partial charge in [-0.2, -0.15) is 0 Å². The summed E-state index contributed by atoms with van der Waals surface area (Å²) >= 11 is 5.72. The lowest BCUT2D eigenvalue weighted by Gasteiger charge is -1.99. The number of anilines is 1. The molecule has 58 valence electrons. The minimum atomic E-state index is 0.550. The van der Waals surface area contributed by atoms with Crippen LogP contribution >= 0.6 is 11.6 Å². The lowest BCUT2D eigenvalue weighted by Crippen LogP contribution is -1.91. The van der Waals surface area contributed by atoms with Crippen molar-refractivity contribution in [2.75, 3.05) is 5.73 Å². The maximum absolute atomic E-state index is 5.72. The zero-order valence-corrected chi connectivity index (χ0v) is 6.80. The van der Waals surface area contributed by atoms with Gasteiger partial charge in [-0.15, -0.1) is 0 Å². The monoisotopic (exact) mass is 168 g/mol. The van der Waals surface area contributed by atoms with Crippen molar-refractivity contribution >= 4 is 17.3 Å². The number of halogens is 1. The second kappa shape index (κ2) is 2.38. The van der Waals surface area contributed by atoms with Crippen LogP contribution < -0.4 is 5.73 Å². The Kier molecular flexibility index (Phi) is 1.50. The molecule has 0 atom stereocenters. The lowest BCUT2D eigenvalue weighted by molar-refractivity contribution is 1.02. The third kappa shape index (κ3) is 1.31. The van der Waals surface area contributed by atoms with Gasteiger partial charge >= 0.3 is 0 Å². The molecule has 1 aromatic heterocycles. The van der Waals surface area contributed by atoms with Crippen molar-refractivity contribution in [1.29, 1.82) is 0 Å². The third-order valence-corrected chi connectivity index (χ3v) is 2.22. The molecule has 2 nitrogen and oxygen atoms in total. The smallest absolute Gasteiger partial charge is 0.0818 e. The van der Waals surface area contributed by atoms with E-state index in [0.717, 1.165) is 5.69 Å². The van der Waals surface area contributed by atoms with E-state index in [9.17, 15) is 0 Å². The van der Waals surface area contributed by atoms with E-state index in [4.69, 9.17) is 17.3 Å². The number of pyridine rings is 1. The first-order valence-corrected chi connectivity index (χ1v) is 4.06. The van der Waals surface area contributed by atoms with Crippen LogP contribution in [0.3, 0.4) is 0 Å². The molecule has 0 saturated heterocycles. The van der Waals surface area contributed by atoms with Crippen LogP contribution in [0.1, 0.15) is 24.5 Å². The number of hydrogen-bond donors (Lipinski definition) is 1. The Bertz CT molecular complexity index is 281. The Hall–Kier alpha value is -0.760. The first kappa shape index (κ1) is 6.92. The highest BCUT2D eigenvalue weighted by Gasteiger charge is 2.25. The van der Waals surface area contributed by atoms with Gasteiger partial charge < -0.3 is 5.73 Å². The zero-order chi connectivity index (χ0) is 7.84. The summed E-state index contributed by atoms with van der Waals surface area (Å²) in [7, 11) is 0. The van der Waals surface area contributed by atoms with Gasteiger partial charge in [0.25, 0.3) is 0 Å². The molecule has 1 aromatic rings. The van der Waals surface area contributed by atoms with Crippen LogP contribution in [0.15, 0.2) is 12.3 Å². The standard InChI is InChI=1S/C8H9ClN2/c9-6-4-11-8(3-7(6)10)5-1-2-5/h3-5H,1-2H2,(H2,10,11). The maximum atomic E-state index is 5.72. The van der Waals surface area contributed by atoms with Crippen LogP contribution in [0, 0.1) is 0 Å².